The number of aromatic nitrogens is 2. The second-order valence-electron chi connectivity index (χ2n) is 1.49. The largest absolute Gasteiger partial charge is 0.479 e. The van der Waals surface area contributed by atoms with Crippen LogP contribution in [0.15, 0.2) is 15.4 Å². The maximum Gasteiger partial charge on any atom is 0.247 e. The molecule has 54 valence electrons. The average molecular weight is 268 g/mol. The molecule has 0 atom stereocenters. The highest BCUT2D eigenvalue weighted by Gasteiger charge is 2.01. The van der Waals surface area contributed by atoms with Gasteiger partial charge in [-0.05, 0) is 31.9 Å². The molecule has 0 bridgehead atoms. The summed E-state index contributed by atoms with van der Waals surface area (Å²) in [5, 5.41) is 0. The molecule has 0 fully saturated rings. The van der Waals surface area contributed by atoms with Crippen LogP contribution in [-0.4, -0.2) is 17.1 Å². The molecule has 0 unspecified atom stereocenters. The first-order valence-corrected chi connectivity index (χ1v) is 4.04. The van der Waals surface area contributed by atoms with Crippen LogP contribution in [0.3, 0.4) is 0 Å². The summed E-state index contributed by atoms with van der Waals surface area (Å²) in [5.74, 6) is 0.489. The SMILES string of the molecule is COc1ncc(Br)nc1Br. The van der Waals surface area contributed by atoms with Gasteiger partial charge in [0.05, 0.1) is 13.3 Å². The molecule has 0 saturated carbocycles. The van der Waals surface area contributed by atoms with Gasteiger partial charge in [-0.15, -0.1) is 0 Å². The zero-order valence-corrected chi connectivity index (χ0v) is 8.31. The third-order valence-electron chi connectivity index (χ3n) is 0.863. The number of hydrogen-bond donors (Lipinski definition) is 0. The molecule has 1 aromatic rings. The minimum atomic E-state index is 0.489. The average Bonchev–Trinajstić information content (AvgIpc) is 1.88. The summed E-state index contributed by atoms with van der Waals surface area (Å²) < 4.78 is 6.14. The lowest BCUT2D eigenvalue weighted by Crippen LogP contribution is -1.90. The number of nitrogens with zero attached hydrogens (tertiary/aromatic N) is 2. The normalized spacial score (nSPS) is 9.50. The van der Waals surface area contributed by atoms with Crippen molar-refractivity contribution < 1.29 is 4.74 Å². The van der Waals surface area contributed by atoms with Crippen molar-refractivity contribution in [3.8, 4) is 5.88 Å². The fourth-order valence-electron chi connectivity index (χ4n) is 0.473. The van der Waals surface area contributed by atoms with E-state index in [4.69, 9.17) is 4.74 Å². The second-order valence-corrected chi connectivity index (χ2v) is 3.06. The molecule has 0 radical (unpaired) electrons. The summed E-state index contributed by atoms with van der Waals surface area (Å²) in [6.07, 6.45) is 1.57. The van der Waals surface area contributed by atoms with E-state index in [1.54, 1.807) is 13.3 Å². The van der Waals surface area contributed by atoms with Crippen molar-refractivity contribution in [3.63, 3.8) is 0 Å². The van der Waals surface area contributed by atoms with E-state index in [0.717, 1.165) is 0 Å². The summed E-state index contributed by atoms with van der Waals surface area (Å²) in [6.45, 7) is 0. The summed E-state index contributed by atoms with van der Waals surface area (Å²) in [4.78, 5) is 7.91. The van der Waals surface area contributed by atoms with E-state index in [0.29, 0.717) is 15.1 Å². The number of halogens is 2. The zero-order chi connectivity index (χ0) is 7.56. The standard InChI is InChI=1S/C5H4Br2N2O/c1-10-5-4(7)9-3(6)2-8-5/h2H,1H3. The molecule has 0 aromatic carbocycles. The Bertz CT molecular complexity index is 241. The van der Waals surface area contributed by atoms with Crippen LogP contribution in [-0.2, 0) is 0 Å². The van der Waals surface area contributed by atoms with E-state index in [9.17, 15) is 0 Å². The van der Waals surface area contributed by atoms with Crippen molar-refractivity contribution in [2.75, 3.05) is 7.11 Å². The lowest BCUT2D eigenvalue weighted by atomic mass is 10.7. The van der Waals surface area contributed by atoms with Gasteiger partial charge in [-0.1, -0.05) is 0 Å². The third kappa shape index (κ3) is 1.67. The Morgan fingerprint density at radius 1 is 1.50 bits per heavy atom. The van der Waals surface area contributed by atoms with Crippen LogP contribution in [0.5, 0.6) is 5.88 Å². The fraction of sp³-hybridized carbons (Fsp3) is 0.200. The maximum absolute atomic E-state index is 4.86. The summed E-state index contributed by atoms with van der Waals surface area (Å²) in [5.41, 5.74) is 0. The van der Waals surface area contributed by atoms with Crippen molar-refractivity contribution in [1.82, 2.24) is 9.97 Å². The van der Waals surface area contributed by atoms with Crippen LogP contribution in [0.2, 0.25) is 0 Å². The first-order valence-electron chi connectivity index (χ1n) is 2.46. The van der Waals surface area contributed by atoms with E-state index < -0.39 is 0 Å². The van der Waals surface area contributed by atoms with Crippen molar-refractivity contribution in [2.45, 2.75) is 0 Å². The Balaban J connectivity index is 3.07. The molecule has 0 aliphatic carbocycles. The van der Waals surface area contributed by atoms with Gasteiger partial charge in [0.15, 0.2) is 4.60 Å². The highest BCUT2D eigenvalue weighted by atomic mass is 79.9. The van der Waals surface area contributed by atoms with Gasteiger partial charge >= 0.3 is 0 Å². The van der Waals surface area contributed by atoms with Gasteiger partial charge in [-0.2, -0.15) is 0 Å². The molecule has 0 N–H and O–H groups in total. The Labute approximate surface area is 75.1 Å². The Kier molecular flexibility index (Phi) is 2.62. The Morgan fingerprint density at radius 2 is 2.20 bits per heavy atom. The molecule has 0 aliphatic heterocycles. The van der Waals surface area contributed by atoms with Gasteiger partial charge in [0.25, 0.3) is 0 Å². The molecule has 3 nitrogen and oxygen atoms in total. The minimum absolute atomic E-state index is 0.489. The predicted molar refractivity (Wildman–Crippen MR) is 44.0 cm³/mol. The topological polar surface area (TPSA) is 35.0 Å². The van der Waals surface area contributed by atoms with Gasteiger partial charge in [0.2, 0.25) is 5.88 Å². The molecule has 0 saturated heterocycles. The maximum atomic E-state index is 4.86. The van der Waals surface area contributed by atoms with Crippen LogP contribution >= 0.6 is 31.9 Å². The molecule has 1 heterocycles. The number of ether oxygens (including phenoxy) is 1. The van der Waals surface area contributed by atoms with Gasteiger partial charge in [0.1, 0.15) is 4.60 Å². The quantitative estimate of drug-likeness (QED) is 0.781. The van der Waals surface area contributed by atoms with Crippen LogP contribution < -0.4 is 4.74 Å². The van der Waals surface area contributed by atoms with Crippen LogP contribution in [0.4, 0.5) is 0 Å². The van der Waals surface area contributed by atoms with Gasteiger partial charge in [-0.3, -0.25) is 0 Å². The van der Waals surface area contributed by atoms with Crippen molar-refractivity contribution in [3.05, 3.63) is 15.4 Å². The fourth-order valence-corrected chi connectivity index (χ4v) is 1.45. The molecule has 0 aliphatic rings. The minimum Gasteiger partial charge on any atom is -0.479 e. The van der Waals surface area contributed by atoms with Crippen LogP contribution in [0.1, 0.15) is 0 Å². The number of hydrogen-bond acceptors (Lipinski definition) is 3. The first kappa shape index (κ1) is 7.94. The smallest absolute Gasteiger partial charge is 0.247 e. The molecule has 0 spiro atoms. The number of rotatable bonds is 1. The first-order chi connectivity index (χ1) is 4.74. The van der Waals surface area contributed by atoms with E-state index in [2.05, 4.69) is 41.8 Å². The van der Waals surface area contributed by atoms with E-state index >= 15 is 0 Å². The van der Waals surface area contributed by atoms with Crippen molar-refractivity contribution >= 4 is 31.9 Å². The highest BCUT2D eigenvalue weighted by molar-refractivity contribution is 9.11. The molecule has 0 amide bonds. The van der Waals surface area contributed by atoms with Crippen LogP contribution in [0.25, 0.3) is 0 Å². The third-order valence-corrected chi connectivity index (χ3v) is 1.76. The molecule has 1 aromatic heterocycles. The summed E-state index contributed by atoms with van der Waals surface area (Å²) in [6, 6.07) is 0. The summed E-state index contributed by atoms with van der Waals surface area (Å²) in [7, 11) is 1.54. The molecule has 1 rings (SSSR count). The Morgan fingerprint density at radius 3 is 2.70 bits per heavy atom. The van der Waals surface area contributed by atoms with Crippen LogP contribution in [0, 0.1) is 0 Å². The van der Waals surface area contributed by atoms with E-state index in [1.165, 1.54) is 0 Å². The van der Waals surface area contributed by atoms with Crippen molar-refractivity contribution in [2.24, 2.45) is 0 Å². The lowest BCUT2D eigenvalue weighted by molar-refractivity contribution is 0.392. The molecular formula is C5H4Br2N2O. The monoisotopic (exact) mass is 266 g/mol. The second kappa shape index (κ2) is 3.30. The Hall–Kier alpha value is -0.160. The zero-order valence-electron chi connectivity index (χ0n) is 5.14. The van der Waals surface area contributed by atoms with Gasteiger partial charge in [0, 0.05) is 0 Å². The van der Waals surface area contributed by atoms with Gasteiger partial charge < -0.3 is 4.74 Å². The van der Waals surface area contributed by atoms with E-state index in [-0.39, 0.29) is 0 Å². The lowest BCUT2D eigenvalue weighted by Gasteiger charge is -1.98. The summed E-state index contributed by atoms with van der Waals surface area (Å²) >= 11 is 6.34. The molecular weight excluding hydrogens is 264 g/mol. The van der Waals surface area contributed by atoms with E-state index in [1.807, 2.05) is 0 Å². The van der Waals surface area contributed by atoms with Crippen molar-refractivity contribution in [1.29, 1.82) is 0 Å². The highest BCUT2D eigenvalue weighted by Crippen LogP contribution is 2.20. The molecule has 5 heteroatoms. The van der Waals surface area contributed by atoms with Gasteiger partial charge in [-0.25, -0.2) is 9.97 Å². The number of methoxy groups -OCH3 is 1. The molecule has 10 heavy (non-hydrogen) atoms. The predicted octanol–water partition coefficient (Wildman–Crippen LogP) is 2.01.